The van der Waals surface area contributed by atoms with Crippen molar-refractivity contribution in [1.82, 2.24) is 10.4 Å². The topological polar surface area (TPSA) is 57.2 Å². The van der Waals surface area contributed by atoms with Crippen LogP contribution in [0.25, 0.3) is 10.9 Å². The number of halogens is 1. The third-order valence-electron chi connectivity index (χ3n) is 3.02. The molecule has 2 N–H and O–H groups in total. The van der Waals surface area contributed by atoms with E-state index in [9.17, 15) is 4.79 Å². The summed E-state index contributed by atoms with van der Waals surface area (Å²) in [6.45, 7) is 0. The average molecular weight is 298 g/mol. The lowest BCUT2D eigenvalue weighted by atomic mass is 10.2. The van der Waals surface area contributed by atoms with Crippen molar-refractivity contribution in [3.8, 4) is 0 Å². The fourth-order valence-corrected chi connectivity index (χ4v) is 2.10. The summed E-state index contributed by atoms with van der Waals surface area (Å²) < 4.78 is 0. The number of hydrazone groups is 1. The van der Waals surface area contributed by atoms with E-state index in [0.29, 0.717) is 10.7 Å². The van der Waals surface area contributed by atoms with Crippen molar-refractivity contribution in [1.29, 1.82) is 0 Å². The number of H-pyrrole nitrogens is 1. The number of carbonyl (C=O) groups excluding carboxylic acids is 1. The third-order valence-corrected chi connectivity index (χ3v) is 3.28. The molecular weight excluding hydrogens is 286 g/mol. The Balaban J connectivity index is 1.70. The fraction of sp³-hybridized carbons (Fsp3) is 0. The highest BCUT2D eigenvalue weighted by Crippen LogP contribution is 2.14. The van der Waals surface area contributed by atoms with Crippen molar-refractivity contribution in [3.63, 3.8) is 0 Å². The number of nitrogens with one attached hydrogen (secondary N) is 2. The Morgan fingerprint density at radius 3 is 2.67 bits per heavy atom. The number of fused-ring (bicyclic) bond motifs is 1. The normalized spacial score (nSPS) is 11.1. The van der Waals surface area contributed by atoms with Gasteiger partial charge >= 0.3 is 0 Å². The van der Waals surface area contributed by atoms with Gasteiger partial charge in [-0.3, -0.25) is 4.79 Å². The lowest BCUT2D eigenvalue weighted by Gasteiger charge is -1.96. The van der Waals surface area contributed by atoms with Gasteiger partial charge in [0.25, 0.3) is 5.91 Å². The van der Waals surface area contributed by atoms with Crippen LogP contribution in [-0.2, 0) is 0 Å². The number of hydrogen-bond donors (Lipinski definition) is 2. The average Bonchev–Trinajstić information content (AvgIpc) is 2.93. The maximum Gasteiger partial charge on any atom is 0.287 e. The molecule has 5 heteroatoms. The molecule has 0 atom stereocenters. The van der Waals surface area contributed by atoms with Crippen LogP contribution in [0, 0.1) is 0 Å². The Kier molecular flexibility index (Phi) is 3.71. The summed E-state index contributed by atoms with van der Waals surface area (Å²) in [7, 11) is 0. The molecular formula is C16H12ClN3O. The second-order valence-corrected chi connectivity index (χ2v) is 4.96. The molecule has 0 spiro atoms. The van der Waals surface area contributed by atoms with Crippen LogP contribution < -0.4 is 5.43 Å². The van der Waals surface area contributed by atoms with Crippen LogP contribution in [0.4, 0.5) is 0 Å². The number of aromatic nitrogens is 1. The zero-order valence-corrected chi connectivity index (χ0v) is 11.8. The second-order valence-electron chi connectivity index (χ2n) is 4.52. The number of aromatic amines is 1. The summed E-state index contributed by atoms with van der Waals surface area (Å²) in [6.07, 6.45) is 1.57. The molecule has 1 heterocycles. The molecule has 0 saturated heterocycles. The first-order valence-corrected chi connectivity index (χ1v) is 6.77. The van der Waals surface area contributed by atoms with Gasteiger partial charge in [-0.15, -0.1) is 0 Å². The zero-order chi connectivity index (χ0) is 14.7. The van der Waals surface area contributed by atoms with E-state index in [2.05, 4.69) is 15.5 Å². The first-order chi connectivity index (χ1) is 10.2. The van der Waals surface area contributed by atoms with E-state index in [1.165, 1.54) is 0 Å². The van der Waals surface area contributed by atoms with Crippen LogP contribution in [0.5, 0.6) is 0 Å². The van der Waals surface area contributed by atoms with Crippen molar-refractivity contribution in [2.45, 2.75) is 0 Å². The number of benzene rings is 2. The molecule has 1 aromatic heterocycles. The van der Waals surface area contributed by atoms with E-state index < -0.39 is 0 Å². The summed E-state index contributed by atoms with van der Waals surface area (Å²) in [4.78, 5) is 15.0. The largest absolute Gasteiger partial charge is 0.350 e. The molecule has 0 aliphatic carbocycles. The van der Waals surface area contributed by atoms with Crippen molar-refractivity contribution in [2.24, 2.45) is 5.10 Å². The van der Waals surface area contributed by atoms with Crippen molar-refractivity contribution in [3.05, 3.63) is 70.9 Å². The van der Waals surface area contributed by atoms with Gasteiger partial charge in [-0.2, -0.15) is 5.10 Å². The number of para-hydroxylation sites is 1. The van der Waals surface area contributed by atoms with E-state index in [0.717, 1.165) is 16.5 Å². The Labute approximate surface area is 126 Å². The van der Waals surface area contributed by atoms with Gasteiger partial charge < -0.3 is 4.98 Å². The van der Waals surface area contributed by atoms with Gasteiger partial charge in [0.15, 0.2) is 0 Å². The molecule has 0 radical (unpaired) electrons. The van der Waals surface area contributed by atoms with Gasteiger partial charge in [0, 0.05) is 15.9 Å². The summed E-state index contributed by atoms with van der Waals surface area (Å²) in [6, 6.07) is 16.7. The first kappa shape index (κ1) is 13.4. The Morgan fingerprint density at radius 2 is 1.90 bits per heavy atom. The second kappa shape index (κ2) is 5.81. The lowest BCUT2D eigenvalue weighted by molar-refractivity contribution is 0.0951. The van der Waals surface area contributed by atoms with E-state index in [4.69, 9.17) is 11.6 Å². The lowest BCUT2D eigenvalue weighted by Crippen LogP contribution is -2.17. The summed E-state index contributed by atoms with van der Waals surface area (Å²) in [5.74, 6) is -0.281. The highest BCUT2D eigenvalue weighted by Gasteiger charge is 2.07. The fourth-order valence-electron chi connectivity index (χ4n) is 1.97. The Bertz CT molecular complexity index is 773. The summed E-state index contributed by atoms with van der Waals surface area (Å²) in [5.41, 5.74) is 4.74. The van der Waals surface area contributed by atoms with Gasteiger partial charge in [-0.25, -0.2) is 5.43 Å². The predicted octanol–water partition coefficient (Wildman–Crippen LogP) is 3.59. The highest BCUT2D eigenvalue weighted by molar-refractivity contribution is 6.30. The van der Waals surface area contributed by atoms with E-state index in [1.807, 2.05) is 36.4 Å². The SMILES string of the molecule is O=C(NN=Cc1ccc(Cl)cc1)c1cc2ccccc2[nH]1. The minimum Gasteiger partial charge on any atom is -0.350 e. The monoisotopic (exact) mass is 297 g/mol. The van der Waals surface area contributed by atoms with Crippen molar-refractivity contribution >= 4 is 34.6 Å². The molecule has 0 saturated carbocycles. The van der Waals surface area contributed by atoms with E-state index in [1.54, 1.807) is 24.4 Å². The standard InChI is InChI=1S/C16H12ClN3O/c17-13-7-5-11(6-8-13)10-18-20-16(21)15-9-12-3-1-2-4-14(12)19-15/h1-10,19H,(H,20,21). The molecule has 4 nitrogen and oxygen atoms in total. The van der Waals surface area contributed by atoms with Gasteiger partial charge in [-0.05, 0) is 29.8 Å². The molecule has 0 aliphatic heterocycles. The first-order valence-electron chi connectivity index (χ1n) is 6.39. The molecule has 3 aromatic rings. The molecule has 1 amide bonds. The quantitative estimate of drug-likeness (QED) is 0.563. The van der Waals surface area contributed by atoms with E-state index in [-0.39, 0.29) is 5.91 Å². The third kappa shape index (κ3) is 3.12. The van der Waals surface area contributed by atoms with Gasteiger partial charge in [0.05, 0.1) is 6.21 Å². The van der Waals surface area contributed by atoms with Gasteiger partial charge in [-0.1, -0.05) is 41.9 Å². The molecule has 2 aromatic carbocycles. The summed E-state index contributed by atoms with van der Waals surface area (Å²) in [5, 5.41) is 5.58. The van der Waals surface area contributed by atoms with Crippen LogP contribution in [0.1, 0.15) is 16.1 Å². The molecule has 3 rings (SSSR count). The molecule has 21 heavy (non-hydrogen) atoms. The summed E-state index contributed by atoms with van der Waals surface area (Å²) >= 11 is 5.80. The van der Waals surface area contributed by atoms with Crippen molar-refractivity contribution in [2.75, 3.05) is 0 Å². The van der Waals surface area contributed by atoms with Crippen LogP contribution in [0.15, 0.2) is 59.7 Å². The molecule has 0 bridgehead atoms. The predicted molar refractivity (Wildman–Crippen MR) is 84.8 cm³/mol. The maximum absolute atomic E-state index is 12.0. The number of amides is 1. The number of hydrogen-bond acceptors (Lipinski definition) is 2. The molecule has 104 valence electrons. The maximum atomic E-state index is 12.0. The minimum absolute atomic E-state index is 0.281. The smallest absolute Gasteiger partial charge is 0.287 e. The number of carbonyl (C=O) groups is 1. The number of rotatable bonds is 3. The minimum atomic E-state index is -0.281. The molecule has 0 aliphatic rings. The van der Waals surface area contributed by atoms with Crippen LogP contribution in [-0.4, -0.2) is 17.1 Å². The van der Waals surface area contributed by atoms with Gasteiger partial charge in [0.2, 0.25) is 0 Å². The number of nitrogens with zero attached hydrogens (tertiary/aromatic N) is 1. The van der Waals surface area contributed by atoms with E-state index >= 15 is 0 Å². The van der Waals surface area contributed by atoms with Gasteiger partial charge in [0.1, 0.15) is 5.69 Å². The van der Waals surface area contributed by atoms with Crippen LogP contribution in [0.3, 0.4) is 0 Å². The zero-order valence-electron chi connectivity index (χ0n) is 11.0. The van der Waals surface area contributed by atoms with Crippen molar-refractivity contribution < 1.29 is 4.79 Å². The molecule has 0 fully saturated rings. The van der Waals surface area contributed by atoms with Crippen LogP contribution in [0.2, 0.25) is 5.02 Å². The Morgan fingerprint density at radius 1 is 1.14 bits per heavy atom. The molecule has 0 unspecified atom stereocenters. The Hall–Kier alpha value is -2.59. The highest BCUT2D eigenvalue weighted by atomic mass is 35.5. The van der Waals surface area contributed by atoms with Crippen LogP contribution >= 0.6 is 11.6 Å².